The maximum atomic E-state index is 12.9. The molecule has 1 aromatic heterocycles. The van der Waals surface area contributed by atoms with Crippen LogP contribution in [-0.2, 0) is 27.2 Å². The number of nitrogens with zero attached hydrogens (tertiary/aromatic N) is 2. The van der Waals surface area contributed by atoms with E-state index in [9.17, 15) is 9.59 Å². The number of hydrogen-bond acceptors (Lipinski definition) is 5. The summed E-state index contributed by atoms with van der Waals surface area (Å²) in [6.07, 6.45) is 0.255. The second kappa shape index (κ2) is 10.0. The Morgan fingerprint density at radius 1 is 1.10 bits per heavy atom. The number of carbonyl (C=O) groups excluding carboxylic acids is 2. The number of esters is 1. The molecule has 0 N–H and O–H groups in total. The van der Waals surface area contributed by atoms with Gasteiger partial charge in [-0.3, -0.25) is 4.79 Å². The molecule has 0 aliphatic carbocycles. The molecule has 3 aromatic rings. The zero-order valence-electron chi connectivity index (χ0n) is 18.7. The van der Waals surface area contributed by atoms with Crippen molar-refractivity contribution in [3.63, 3.8) is 0 Å². The summed E-state index contributed by atoms with van der Waals surface area (Å²) in [6.45, 7) is 9.25. The van der Waals surface area contributed by atoms with Crippen molar-refractivity contribution >= 4 is 33.4 Å². The van der Waals surface area contributed by atoms with Crippen molar-refractivity contribution in [3.8, 4) is 0 Å². The van der Waals surface area contributed by atoms with Crippen LogP contribution in [0, 0.1) is 20.8 Å². The van der Waals surface area contributed by atoms with Gasteiger partial charge in [-0.05, 0) is 62.6 Å². The third-order valence-electron chi connectivity index (χ3n) is 5.10. The van der Waals surface area contributed by atoms with Crippen molar-refractivity contribution in [2.75, 3.05) is 20.3 Å². The van der Waals surface area contributed by atoms with Gasteiger partial charge in [0.05, 0.1) is 35.4 Å². The number of ether oxygens (including phenoxy) is 2. The van der Waals surface area contributed by atoms with Crippen LogP contribution in [0.4, 0.5) is 0 Å². The minimum Gasteiger partial charge on any atom is -0.462 e. The van der Waals surface area contributed by atoms with Crippen LogP contribution in [0.1, 0.15) is 39.5 Å². The molecule has 2 aromatic carbocycles. The molecule has 0 saturated carbocycles. The molecule has 1 amide bonds. The number of methoxy groups -OCH3 is 1. The Kier molecular flexibility index (Phi) is 7.41. The van der Waals surface area contributed by atoms with E-state index in [0.29, 0.717) is 30.1 Å². The number of rotatable bonds is 7. The van der Waals surface area contributed by atoms with Gasteiger partial charge >= 0.3 is 5.97 Å². The highest BCUT2D eigenvalue weighted by Gasteiger charge is 2.14. The molecule has 31 heavy (non-hydrogen) atoms. The maximum Gasteiger partial charge on any atom is 0.338 e. The summed E-state index contributed by atoms with van der Waals surface area (Å²) in [5, 5.41) is 0. The predicted molar refractivity (Wildman–Crippen MR) is 123 cm³/mol. The number of aromatic nitrogens is 1. The van der Waals surface area contributed by atoms with Gasteiger partial charge in [0.25, 0.3) is 5.91 Å². The average molecular weight is 441 g/mol. The smallest absolute Gasteiger partial charge is 0.338 e. The fraction of sp³-hybridized carbons (Fsp3) is 0.375. The molecule has 0 saturated heterocycles. The highest BCUT2D eigenvalue weighted by atomic mass is 32.1. The molecule has 7 heteroatoms. The van der Waals surface area contributed by atoms with Crippen molar-refractivity contribution < 1.29 is 19.1 Å². The number of hydrogen-bond donors (Lipinski definition) is 0. The Morgan fingerprint density at radius 3 is 2.45 bits per heavy atom. The fourth-order valence-corrected chi connectivity index (χ4v) is 4.80. The minimum absolute atomic E-state index is 0.196. The van der Waals surface area contributed by atoms with E-state index in [1.807, 2.05) is 24.5 Å². The maximum absolute atomic E-state index is 12.9. The predicted octanol–water partition coefficient (Wildman–Crippen LogP) is 4.12. The zero-order chi connectivity index (χ0) is 22.5. The van der Waals surface area contributed by atoms with E-state index in [1.54, 1.807) is 26.2 Å². The number of fused-ring (bicyclic) bond motifs is 1. The van der Waals surface area contributed by atoms with Crippen molar-refractivity contribution in [2.24, 2.45) is 4.99 Å². The molecule has 0 unspecified atom stereocenters. The van der Waals surface area contributed by atoms with Crippen molar-refractivity contribution in [1.82, 2.24) is 4.57 Å². The molecule has 6 nitrogen and oxygen atoms in total. The SMILES string of the molecule is CCOC(=O)c1ccc2c(c1)sc(=NC(=O)Cc1c(C)cc(C)cc1C)n2CCOC. The number of thiazole rings is 1. The quantitative estimate of drug-likeness (QED) is 0.518. The highest BCUT2D eigenvalue weighted by Crippen LogP contribution is 2.21. The van der Waals surface area contributed by atoms with Gasteiger partial charge in [0.1, 0.15) is 0 Å². The molecule has 1 heterocycles. The van der Waals surface area contributed by atoms with E-state index in [0.717, 1.165) is 26.9 Å². The molecule has 3 rings (SSSR count). The van der Waals surface area contributed by atoms with Crippen molar-refractivity contribution in [3.05, 3.63) is 63.0 Å². The van der Waals surface area contributed by atoms with Gasteiger partial charge in [0.2, 0.25) is 0 Å². The number of aryl methyl sites for hydroxylation is 3. The molecule has 0 bridgehead atoms. The van der Waals surface area contributed by atoms with Gasteiger partial charge in [-0.25, -0.2) is 4.79 Å². The standard InChI is InChI=1S/C24H28N2O4S/c1-6-30-23(28)18-7-8-20-21(13-18)31-24(26(20)9-10-29-5)25-22(27)14-19-16(3)11-15(2)12-17(19)4/h7-8,11-13H,6,9-10,14H2,1-5H3. The Labute approximate surface area is 186 Å². The summed E-state index contributed by atoms with van der Waals surface area (Å²) in [5.41, 5.74) is 5.80. The lowest BCUT2D eigenvalue weighted by molar-refractivity contribution is -0.117. The second-order valence-corrected chi connectivity index (χ2v) is 8.50. The van der Waals surface area contributed by atoms with Crippen molar-refractivity contribution in [2.45, 2.75) is 40.7 Å². The van der Waals surface area contributed by atoms with Gasteiger partial charge in [-0.1, -0.05) is 29.0 Å². The van der Waals surface area contributed by atoms with E-state index < -0.39 is 0 Å². The molecule has 0 radical (unpaired) electrons. The van der Waals surface area contributed by atoms with E-state index in [4.69, 9.17) is 9.47 Å². The van der Waals surface area contributed by atoms with E-state index in [2.05, 4.69) is 24.0 Å². The topological polar surface area (TPSA) is 69.9 Å². The number of carbonyl (C=O) groups is 2. The third kappa shape index (κ3) is 5.29. The summed E-state index contributed by atoms with van der Waals surface area (Å²) < 4.78 is 13.2. The lowest BCUT2D eigenvalue weighted by atomic mass is 9.97. The van der Waals surface area contributed by atoms with Gasteiger partial charge in [-0.2, -0.15) is 4.99 Å². The molecule has 0 aliphatic heterocycles. The largest absolute Gasteiger partial charge is 0.462 e. The van der Waals surface area contributed by atoms with E-state index in [-0.39, 0.29) is 18.3 Å². The molecule has 164 valence electrons. The first-order chi connectivity index (χ1) is 14.8. The highest BCUT2D eigenvalue weighted by molar-refractivity contribution is 7.16. The van der Waals surface area contributed by atoms with Crippen LogP contribution in [-0.4, -0.2) is 36.8 Å². The lowest BCUT2D eigenvalue weighted by Gasteiger charge is -2.09. The Balaban J connectivity index is 2.01. The van der Waals surface area contributed by atoms with Gasteiger partial charge in [-0.15, -0.1) is 0 Å². The van der Waals surface area contributed by atoms with Crippen LogP contribution in [0.25, 0.3) is 10.2 Å². The lowest BCUT2D eigenvalue weighted by Crippen LogP contribution is -2.20. The summed E-state index contributed by atoms with van der Waals surface area (Å²) in [5.74, 6) is -0.556. The van der Waals surface area contributed by atoms with Crippen LogP contribution in [0.2, 0.25) is 0 Å². The van der Waals surface area contributed by atoms with Crippen LogP contribution in [0.3, 0.4) is 0 Å². The first kappa shape index (κ1) is 22.9. The summed E-state index contributed by atoms with van der Waals surface area (Å²) >= 11 is 1.39. The number of amides is 1. The molecule has 0 spiro atoms. The van der Waals surface area contributed by atoms with Crippen molar-refractivity contribution in [1.29, 1.82) is 0 Å². The first-order valence-electron chi connectivity index (χ1n) is 10.3. The third-order valence-corrected chi connectivity index (χ3v) is 6.14. The average Bonchev–Trinajstić information content (AvgIpc) is 3.05. The second-order valence-electron chi connectivity index (χ2n) is 7.49. The van der Waals surface area contributed by atoms with Crippen LogP contribution < -0.4 is 4.80 Å². The molecular weight excluding hydrogens is 412 g/mol. The minimum atomic E-state index is -0.360. The monoisotopic (exact) mass is 440 g/mol. The van der Waals surface area contributed by atoms with E-state index in [1.165, 1.54) is 16.9 Å². The van der Waals surface area contributed by atoms with Gasteiger partial charge < -0.3 is 14.0 Å². The van der Waals surface area contributed by atoms with Crippen LogP contribution in [0.15, 0.2) is 35.3 Å². The molecule has 0 atom stereocenters. The molecular formula is C24H28N2O4S. The fourth-order valence-electron chi connectivity index (χ4n) is 3.68. The number of benzene rings is 2. The summed E-state index contributed by atoms with van der Waals surface area (Å²) in [4.78, 5) is 30.0. The summed E-state index contributed by atoms with van der Waals surface area (Å²) in [6, 6.07) is 9.57. The Morgan fingerprint density at radius 2 is 1.81 bits per heavy atom. The van der Waals surface area contributed by atoms with Crippen LogP contribution in [0.5, 0.6) is 0 Å². The molecule has 0 fully saturated rings. The van der Waals surface area contributed by atoms with Gasteiger partial charge in [0, 0.05) is 13.7 Å². The Hall–Kier alpha value is -2.77. The normalized spacial score (nSPS) is 11.8. The summed E-state index contributed by atoms with van der Waals surface area (Å²) in [7, 11) is 1.64. The zero-order valence-corrected chi connectivity index (χ0v) is 19.5. The van der Waals surface area contributed by atoms with E-state index >= 15 is 0 Å². The van der Waals surface area contributed by atoms with Gasteiger partial charge in [0.15, 0.2) is 4.80 Å². The Bertz CT molecular complexity index is 1170. The molecule has 0 aliphatic rings. The van der Waals surface area contributed by atoms with Crippen LogP contribution >= 0.6 is 11.3 Å². The first-order valence-corrected chi connectivity index (χ1v) is 11.1.